The molecule has 0 aliphatic carbocycles. The summed E-state index contributed by atoms with van der Waals surface area (Å²) < 4.78 is 18.2. The molecule has 0 saturated carbocycles. The van der Waals surface area contributed by atoms with Gasteiger partial charge in [-0.25, -0.2) is 4.39 Å². The molecule has 14 heavy (non-hydrogen) atoms. The van der Waals surface area contributed by atoms with Gasteiger partial charge in [-0.15, -0.1) is 0 Å². The number of hydrogen-bond acceptors (Lipinski definition) is 2. The Kier molecular flexibility index (Phi) is 4.56. The van der Waals surface area contributed by atoms with Crippen molar-refractivity contribution in [2.24, 2.45) is 11.7 Å². The van der Waals surface area contributed by atoms with Crippen LogP contribution in [-0.2, 0) is 11.2 Å². The van der Waals surface area contributed by atoms with Crippen LogP contribution in [0.2, 0.25) is 0 Å². The fourth-order valence-corrected chi connectivity index (χ4v) is 1.42. The molecule has 0 aromatic heterocycles. The van der Waals surface area contributed by atoms with Crippen molar-refractivity contribution in [3.05, 3.63) is 35.6 Å². The molecule has 0 spiro atoms. The number of nitrogens with two attached hydrogens (primary N) is 1. The van der Waals surface area contributed by atoms with Crippen LogP contribution in [0.15, 0.2) is 24.3 Å². The maximum Gasteiger partial charge on any atom is 0.126 e. The van der Waals surface area contributed by atoms with Gasteiger partial charge in [-0.1, -0.05) is 18.2 Å². The molecule has 78 valence electrons. The van der Waals surface area contributed by atoms with Crippen molar-refractivity contribution >= 4 is 0 Å². The van der Waals surface area contributed by atoms with Crippen LogP contribution >= 0.6 is 0 Å². The lowest BCUT2D eigenvalue weighted by Gasteiger charge is -2.13. The van der Waals surface area contributed by atoms with E-state index in [-0.39, 0.29) is 11.7 Å². The first-order valence-electron chi connectivity index (χ1n) is 4.70. The van der Waals surface area contributed by atoms with Crippen LogP contribution in [0.25, 0.3) is 0 Å². The van der Waals surface area contributed by atoms with Gasteiger partial charge in [0.2, 0.25) is 0 Å². The van der Waals surface area contributed by atoms with Crippen LogP contribution in [0.1, 0.15) is 5.56 Å². The first-order chi connectivity index (χ1) is 6.77. The molecule has 1 rings (SSSR count). The van der Waals surface area contributed by atoms with Crippen LogP contribution in [0.5, 0.6) is 0 Å². The summed E-state index contributed by atoms with van der Waals surface area (Å²) in [5.74, 6) is 0.0268. The average Bonchev–Trinajstić information content (AvgIpc) is 2.20. The van der Waals surface area contributed by atoms with Crippen LogP contribution < -0.4 is 5.73 Å². The maximum absolute atomic E-state index is 13.2. The van der Waals surface area contributed by atoms with Crippen molar-refractivity contribution in [3.8, 4) is 0 Å². The van der Waals surface area contributed by atoms with Crippen LogP contribution in [-0.4, -0.2) is 20.3 Å². The summed E-state index contributed by atoms with van der Waals surface area (Å²) in [6.45, 7) is 1.09. The fourth-order valence-electron chi connectivity index (χ4n) is 1.42. The van der Waals surface area contributed by atoms with E-state index in [9.17, 15) is 4.39 Å². The molecular weight excluding hydrogens is 181 g/mol. The van der Waals surface area contributed by atoms with E-state index < -0.39 is 0 Å². The Morgan fingerprint density at radius 3 is 2.71 bits per heavy atom. The molecule has 0 saturated heterocycles. The smallest absolute Gasteiger partial charge is 0.126 e. The molecule has 1 aromatic carbocycles. The van der Waals surface area contributed by atoms with Crippen LogP contribution in [0.4, 0.5) is 4.39 Å². The second-order valence-corrected chi connectivity index (χ2v) is 3.35. The fraction of sp³-hybridized carbons (Fsp3) is 0.455. The molecule has 2 nitrogen and oxygen atoms in total. The summed E-state index contributed by atoms with van der Waals surface area (Å²) in [6, 6.07) is 6.77. The van der Waals surface area contributed by atoms with Crippen molar-refractivity contribution in [2.45, 2.75) is 6.42 Å². The standard InChI is InChI=1S/C11H16FNO/c1-14-8-9(7-13)6-10-4-2-3-5-11(10)12/h2-5,9H,6-8,13H2,1H3. The minimum absolute atomic E-state index is 0.165. The van der Waals surface area contributed by atoms with E-state index in [4.69, 9.17) is 10.5 Å². The highest BCUT2D eigenvalue weighted by atomic mass is 19.1. The second-order valence-electron chi connectivity index (χ2n) is 3.35. The molecule has 1 aromatic rings. The number of benzene rings is 1. The first-order valence-corrected chi connectivity index (χ1v) is 4.70. The molecule has 1 atom stereocenters. The van der Waals surface area contributed by atoms with E-state index in [1.54, 1.807) is 19.2 Å². The van der Waals surface area contributed by atoms with Crippen molar-refractivity contribution in [2.75, 3.05) is 20.3 Å². The van der Waals surface area contributed by atoms with Gasteiger partial charge in [0.25, 0.3) is 0 Å². The predicted molar refractivity (Wildman–Crippen MR) is 54.5 cm³/mol. The Balaban J connectivity index is 2.62. The molecule has 1 unspecified atom stereocenters. The Morgan fingerprint density at radius 1 is 1.43 bits per heavy atom. The average molecular weight is 197 g/mol. The number of rotatable bonds is 5. The molecule has 2 N–H and O–H groups in total. The Labute approximate surface area is 83.9 Å². The summed E-state index contributed by atoms with van der Waals surface area (Å²) in [5, 5.41) is 0. The van der Waals surface area contributed by atoms with Gasteiger partial charge in [-0.3, -0.25) is 0 Å². The number of hydrogen-bond donors (Lipinski definition) is 1. The summed E-state index contributed by atoms with van der Waals surface area (Å²) in [4.78, 5) is 0. The molecule has 0 amide bonds. The lowest BCUT2D eigenvalue weighted by molar-refractivity contribution is 0.155. The molecule has 0 radical (unpaired) electrons. The summed E-state index contributed by atoms with van der Waals surface area (Å²) in [5.41, 5.74) is 6.26. The highest BCUT2D eigenvalue weighted by Crippen LogP contribution is 2.12. The minimum Gasteiger partial charge on any atom is -0.384 e. The topological polar surface area (TPSA) is 35.2 Å². The lowest BCUT2D eigenvalue weighted by atomic mass is 10.00. The largest absolute Gasteiger partial charge is 0.384 e. The molecule has 3 heteroatoms. The zero-order chi connectivity index (χ0) is 10.4. The summed E-state index contributed by atoms with van der Waals surface area (Å²) in [6.07, 6.45) is 0.636. The van der Waals surface area contributed by atoms with E-state index in [1.807, 2.05) is 6.07 Å². The summed E-state index contributed by atoms with van der Waals surface area (Å²) >= 11 is 0. The van der Waals surface area contributed by atoms with Gasteiger partial charge in [0.15, 0.2) is 0 Å². The van der Waals surface area contributed by atoms with Gasteiger partial charge in [0.05, 0.1) is 6.61 Å². The summed E-state index contributed by atoms with van der Waals surface area (Å²) in [7, 11) is 1.63. The number of halogens is 1. The Morgan fingerprint density at radius 2 is 2.14 bits per heavy atom. The van der Waals surface area contributed by atoms with Gasteiger partial charge >= 0.3 is 0 Å². The Hall–Kier alpha value is -0.930. The highest BCUT2D eigenvalue weighted by Gasteiger charge is 2.09. The van der Waals surface area contributed by atoms with E-state index in [1.165, 1.54) is 6.07 Å². The lowest BCUT2D eigenvalue weighted by Crippen LogP contribution is -2.21. The SMILES string of the molecule is COCC(CN)Cc1ccccc1F. The Bertz CT molecular complexity index is 278. The molecule has 0 bridgehead atoms. The molecular formula is C11H16FNO. The van der Waals surface area contributed by atoms with E-state index in [2.05, 4.69) is 0 Å². The third-order valence-electron chi connectivity index (χ3n) is 2.20. The van der Waals surface area contributed by atoms with Crippen molar-refractivity contribution in [1.29, 1.82) is 0 Å². The van der Waals surface area contributed by atoms with Crippen molar-refractivity contribution in [1.82, 2.24) is 0 Å². The maximum atomic E-state index is 13.2. The van der Waals surface area contributed by atoms with Gasteiger partial charge in [-0.2, -0.15) is 0 Å². The molecule has 0 aliphatic rings. The van der Waals surface area contributed by atoms with E-state index in [0.717, 1.165) is 0 Å². The number of ether oxygens (including phenoxy) is 1. The predicted octanol–water partition coefficient (Wildman–Crippen LogP) is 1.59. The quantitative estimate of drug-likeness (QED) is 0.778. The number of methoxy groups -OCH3 is 1. The van der Waals surface area contributed by atoms with Crippen LogP contribution in [0, 0.1) is 11.7 Å². The molecule has 0 aliphatic heterocycles. The van der Waals surface area contributed by atoms with Crippen molar-refractivity contribution in [3.63, 3.8) is 0 Å². The van der Waals surface area contributed by atoms with Gasteiger partial charge in [0, 0.05) is 7.11 Å². The highest BCUT2D eigenvalue weighted by molar-refractivity contribution is 5.17. The normalized spacial score (nSPS) is 12.8. The second kappa shape index (κ2) is 5.73. The van der Waals surface area contributed by atoms with E-state index in [0.29, 0.717) is 25.1 Å². The third-order valence-corrected chi connectivity index (χ3v) is 2.20. The van der Waals surface area contributed by atoms with Crippen LogP contribution in [0.3, 0.4) is 0 Å². The zero-order valence-corrected chi connectivity index (χ0v) is 8.37. The molecule has 0 heterocycles. The third kappa shape index (κ3) is 3.09. The molecule has 0 fully saturated rings. The van der Waals surface area contributed by atoms with Gasteiger partial charge in [-0.05, 0) is 30.5 Å². The van der Waals surface area contributed by atoms with Crippen molar-refractivity contribution < 1.29 is 9.13 Å². The zero-order valence-electron chi connectivity index (χ0n) is 8.37. The minimum atomic E-state index is -0.165. The monoisotopic (exact) mass is 197 g/mol. The van der Waals surface area contributed by atoms with Gasteiger partial charge < -0.3 is 10.5 Å². The van der Waals surface area contributed by atoms with Gasteiger partial charge in [0.1, 0.15) is 5.82 Å². The van der Waals surface area contributed by atoms with E-state index >= 15 is 0 Å². The first kappa shape index (κ1) is 11.1.